The van der Waals surface area contributed by atoms with Crippen LogP contribution in [0.4, 0.5) is 5.82 Å². The number of aliphatic hydroxyl groups excluding tert-OH is 1. The fraction of sp³-hybridized carbons (Fsp3) is 0.200. The SMILES string of the molecule is N#Cc1cc(NCC(CCO)c2ccccc2)nc2ccc(Cl)cc12. The highest BCUT2D eigenvalue weighted by Crippen LogP contribution is 2.25. The van der Waals surface area contributed by atoms with E-state index in [-0.39, 0.29) is 12.5 Å². The number of hydrogen-bond acceptors (Lipinski definition) is 4. The van der Waals surface area contributed by atoms with E-state index in [2.05, 4.69) is 28.5 Å². The number of aliphatic hydroxyl groups is 1. The molecule has 2 aromatic carbocycles. The molecule has 0 fully saturated rings. The standard InChI is InChI=1S/C20H18ClN3O/c21-17-6-7-19-18(11-17)16(12-22)10-20(24-19)23-13-15(8-9-25)14-4-2-1-3-5-14/h1-7,10-11,15,25H,8-9,13H2,(H,23,24). The molecule has 0 bridgehead atoms. The van der Waals surface area contributed by atoms with Crippen LogP contribution in [0, 0.1) is 11.3 Å². The van der Waals surface area contributed by atoms with E-state index in [4.69, 9.17) is 11.6 Å². The molecule has 0 saturated heterocycles. The maximum absolute atomic E-state index is 9.41. The number of fused-ring (bicyclic) bond motifs is 1. The summed E-state index contributed by atoms with van der Waals surface area (Å²) in [5.41, 5.74) is 2.43. The van der Waals surface area contributed by atoms with Crippen LogP contribution in [-0.2, 0) is 0 Å². The summed E-state index contributed by atoms with van der Waals surface area (Å²) in [7, 11) is 0. The Bertz CT molecular complexity index is 906. The number of nitrogens with one attached hydrogen (secondary N) is 1. The molecule has 2 N–H and O–H groups in total. The largest absolute Gasteiger partial charge is 0.396 e. The number of rotatable bonds is 6. The lowest BCUT2D eigenvalue weighted by Crippen LogP contribution is -2.15. The van der Waals surface area contributed by atoms with E-state index < -0.39 is 0 Å². The Morgan fingerprint density at radius 1 is 1.16 bits per heavy atom. The smallest absolute Gasteiger partial charge is 0.128 e. The van der Waals surface area contributed by atoms with Gasteiger partial charge in [-0.05, 0) is 36.2 Å². The van der Waals surface area contributed by atoms with E-state index in [1.807, 2.05) is 24.3 Å². The zero-order valence-electron chi connectivity index (χ0n) is 13.6. The quantitative estimate of drug-likeness (QED) is 0.693. The van der Waals surface area contributed by atoms with Crippen LogP contribution in [-0.4, -0.2) is 23.2 Å². The predicted octanol–water partition coefficient (Wildman–Crippen LogP) is 4.34. The van der Waals surface area contributed by atoms with Crippen LogP contribution in [0.25, 0.3) is 10.9 Å². The van der Waals surface area contributed by atoms with Gasteiger partial charge in [0.15, 0.2) is 0 Å². The lowest BCUT2D eigenvalue weighted by molar-refractivity contribution is 0.277. The highest BCUT2D eigenvalue weighted by molar-refractivity contribution is 6.31. The Kier molecular flexibility index (Phi) is 5.49. The van der Waals surface area contributed by atoms with Gasteiger partial charge in [-0.2, -0.15) is 5.26 Å². The van der Waals surface area contributed by atoms with Crippen molar-refractivity contribution in [3.05, 3.63) is 70.7 Å². The van der Waals surface area contributed by atoms with Crippen LogP contribution in [0.2, 0.25) is 5.02 Å². The number of nitriles is 1. The van der Waals surface area contributed by atoms with E-state index in [1.54, 1.807) is 18.2 Å². The van der Waals surface area contributed by atoms with Crippen molar-refractivity contribution in [3.8, 4) is 6.07 Å². The molecule has 126 valence electrons. The molecule has 0 saturated carbocycles. The fourth-order valence-electron chi connectivity index (χ4n) is 2.88. The first kappa shape index (κ1) is 17.2. The number of pyridine rings is 1. The third kappa shape index (κ3) is 4.08. The normalized spacial score (nSPS) is 11.9. The Hall–Kier alpha value is -2.61. The van der Waals surface area contributed by atoms with Crippen molar-refractivity contribution in [1.29, 1.82) is 5.26 Å². The molecule has 3 rings (SSSR count). The van der Waals surface area contributed by atoms with Gasteiger partial charge in [-0.1, -0.05) is 41.9 Å². The third-order valence-corrected chi connectivity index (χ3v) is 4.40. The number of benzene rings is 2. The highest BCUT2D eigenvalue weighted by Gasteiger charge is 2.12. The number of halogens is 1. The van der Waals surface area contributed by atoms with Crippen LogP contribution in [0.1, 0.15) is 23.5 Å². The van der Waals surface area contributed by atoms with Gasteiger partial charge in [0.25, 0.3) is 0 Å². The van der Waals surface area contributed by atoms with E-state index in [0.29, 0.717) is 29.4 Å². The average Bonchev–Trinajstić information content (AvgIpc) is 2.65. The molecule has 1 unspecified atom stereocenters. The van der Waals surface area contributed by atoms with Gasteiger partial charge in [-0.15, -0.1) is 0 Å². The van der Waals surface area contributed by atoms with Gasteiger partial charge in [-0.3, -0.25) is 0 Å². The number of anilines is 1. The van der Waals surface area contributed by atoms with E-state index >= 15 is 0 Å². The molecule has 25 heavy (non-hydrogen) atoms. The monoisotopic (exact) mass is 351 g/mol. The number of nitrogens with zero attached hydrogens (tertiary/aromatic N) is 2. The zero-order chi connectivity index (χ0) is 17.6. The Morgan fingerprint density at radius 2 is 1.96 bits per heavy atom. The van der Waals surface area contributed by atoms with Crippen LogP contribution >= 0.6 is 11.6 Å². The second-order valence-electron chi connectivity index (χ2n) is 5.83. The van der Waals surface area contributed by atoms with Crippen LogP contribution in [0.15, 0.2) is 54.6 Å². The van der Waals surface area contributed by atoms with Gasteiger partial charge >= 0.3 is 0 Å². The van der Waals surface area contributed by atoms with E-state index in [9.17, 15) is 10.4 Å². The van der Waals surface area contributed by atoms with Crippen molar-refractivity contribution < 1.29 is 5.11 Å². The maximum Gasteiger partial charge on any atom is 0.128 e. The van der Waals surface area contributed by atoms with Crippen LogP contribution in [0.3, 0.4) is 0 Å². The summed E-state index contributed by atoms with van der Waals surface area (Å²) in [6.07, 6.45) is 0.658. The van der Waals surface area contributed by atoms with Gasteiger partial charge in [0.1, 0.15) is 5.82 Å². The maximum atomic E-state index is 9.41. The molecular weight excluding hydrogens is 334 g/mol. The minimum atomic E-state index is 0.119. The molecule has 1 heterocycles. The van der Waals surface area contributed by atoms with Gasteiger partial charge in [-0.25, -0.2) is 4.98 Å². The van der Waals surface area contributed by atoms with Crippen molar-refractivity contribution in [2.45, 2.75) is 12.3 Å². The van der Waals surface area contributed by atoms with Gasteiger partial charge in [0, 0.05) is 29.5 Å². The zero-order valence-corrected chi connectivity index (χ0v) is 14.4. The van der Waals surface area contributed by atoms with Crippen molar-refractivity contribution in [1.82, 2.24) is 4.98 Å². The molecule has 0 amide bonds. The highest BCUT2D eigenvalue weighted by atomic mass is 35.5. The fourth-order valence-corrected chi connectivity index (χ4v) is 3.05. The lowest BCUT2D eigenvalue weighted by atomic mass is 9.96. The molecule has 0 aliphatic rings. The molecule has 4 nitrogen and oxygen atoms in total. The van der Waals surface area contributed by atoms with Crippen molar-refractivity contribution in [2.24, 2.45) is 0 Å². The topological polar surface area (TPSA) is 68.9 Å². The summed E-state index contributed by atoms with van der Waals surface area (Å²) in [6.45, 7) is 0.746. The van der Waals surface area contributed by atoms with Crippen molar-refractivity contribution >= 4 is 28.3 Å². The third-order valence-electron chi connectivity index (χ3n) is 4.17. The summed E-state index contributed by atoms with van der Waals surface area (Å²) >= 11 is 6.02. The van der Waals surface area contributed by atoms with Gasteiger partial charge in [0.05, 0.1) is 17.1 Å². The molecule has 5 heteroatoms. The Morgan fingerprint density at radius 3 is 2.68 bits per heavy atom. The first-order chi connectivity index (χ1) is 12.2. The van der Waals surface area contributed by atoms with E-state index in [1.165, 1.54) is 0 Å². The molecule has 1 atom stereocenters. The first-order valence-electron chi connectivity index (χ1n) is 8.11. The minimum absolute atomic E-state index is 0.119. The molecule has 0 aliphatic heterocycles. The van der Waals surface area contributed by atoms with Crippen molar-refractivity contribution in [3.63, 3.8) is 0 Å². The second-order valence-corrected chi connectivity index (χ2v) is 6.27. The molecule has 1 aromatic heterocycles. The predicted molar refractivity (Wildman–Crippen MR) is 101 cm³/mol. The van der Waals surface area contributed by atoms with Crippen molar-refractivity contribution in [2.75, 3.05) is 18.5 Å². The summed E-state index contributed by atoms with van der Waals surface area (Å²) in [6, 6.07) is 19.3. The van der Waals surface area contributed by atoms with Gasteiger partial charge in [0.2, 0.25) is 0 Å². The Balaban J connectivity index is 1.85. The summed E-state index contributed by atoms with van der Waals surface area (Å²) < 4.78 is 0. The van der Waals surface area contributed by atoms with E-state index in [0.717, 1.165) is 16.5 Å². The lowest BCUT2D eigenvalue weighted by Gasteiger charge is -2.18. The summed E-state index contributed by atoms with van der Waals surface area (Å²) in [5.74, 6) is 0.810. The average molecular weight is 352 g/mol. The summed E-state index contributed by atoms with van der Waals surface area (Å²) in [5, 5.41) is 23.4. The van der Waals surface area contributed by atoms with Gasteiger partial charge < -0.3 is 10.4 Å². The van der Waals surface area contributed by atoms with Crippen LogP contribution < -0.4 is 5.32 Å². The molecule has 3 aromatic rings. The first-order valence-corrected chi connectivity index (χ1v) is 8.49. The molecular formula is C20H18ClN3O. The Labute approximate surface area is 151 Å². The molecule has 0 spiro atoms. The molecule has 0 radical (unpaired) electrons. The second kappa shape index (κ2) is 7.98. The molecule has 0 aliphatic carbocycles. The minimum Gasteiger partial charge on any atom is -0.396 e. The summed E-state index contributed by atoms with van der Waals surface area (Å²) in [4.78, 5) is 4.57. The number of aromatic nitrogens is 1. The number of hydrogen-bond donors (Lipinski definition) is 2. The van der Waals surface area contributed by atoms with Crippen LogP contribution in [0.5, 0.6) is 0 Å².